The zero-order valence-corrected chi connectivity index (χ0v) is 14.8. The molecule has 4 heteroatoms. The van der Waals surface area contributed by atoms with E-state index in [1.807, 2.05) is 84.9 Å². The Bertz CT molecular complexity index is 937. The quantitative estimate of drug-likeness (QED) is 0.771. The Morgan fingerprint density at radius 2 is 1.41 bits per heavy atom. The van der Waals surface area contributed by atoms with Gasteiger partial charge in [-0.2, -0.15) is 0 Å². The number of nitrogens with zero attached hydrogens (tertiary/aromatic N) is 1. The second kappa shape index (κ2) is 7.46. The number of nitrogens with one attached hydrogen (secondary N) is 1. The van der Waals surface area contributed by atoms with Gasteiger partial charge >= 0.3 is 0 Å². The first-order valence-electron chi connectivity index (χ1n) is 9.02. The summed E-state index contributed by atoms with van der Waals surface area (Å²) in [4.78, 5) is 26.6. The van der Waals surface area contributed by atoms with E-state index in [-0.39, 0.29) is 17.9 Å². The maximum Gasteiger partial charge on any atom is 0.251 e. The van der Waals surface area contributed by atoms with Gasteiger partial charge in [-0.05, 0) is 35.4 Å². The maximum absolute atomic E-state index is 12.6. The third kappa shape index (κ3) is 3.75. The van der Waals surface area contributed by atoms with Crippen LogP contribution in [0.1, 0.15) is 16.8 Å². The SMILES string of the molecule is O=C(N[C@@H]1CC(=O)N(c2ccccc2)C1)c1ccc(-c2ccccc2)cc1. The zero-order valence-electron chi connectivity index (χ0n) is 14.8. The molecule has 0 bridgehead atoms. The molecule has 2 amide bonds. The molecule has 1 N–H and O–H groups in total. The monoisotopic (exact) mass is 356 g/mol. The van der Waals surface area contributed by atoms with E-state index in [0.717, 1.165) is 16.8 Å². The molecule has 0 radical (unpaired) electrons. The van der Waals surface area contributed by atoms with E-state index in [1.165, 1.54) is 0 Å². The smallest absolute Gasteiger partial charge is 0.251 e. The van der Waals surface area contributed by atoms with Crippen molar-refractivity contribution in [3.05, 3.63) is 90.5 Å². The highest BCUT2D eigenvalue weighted by Gasteiger charge is 2.31. The van der Waals surface area contributed by atoms with E-state index in [4.69, 9.17) is 0 Å². The summed E-state index contributed by atoms with van der Waals surface area (Å²) in [6, 6.07) is 26.9. The fraction of sp³-hybridized carbons (Fsp3) is 0.130. The summed E-state index contributed by atoms with van der Waals surface area (Å²) >= 11 is 0. The summed E-state index contributed by atoms with van der Waals surface area (Å²) in [5.74, 6) is -0.117. The Kier molecular flexibility index (Phi) is 4.71. The summed E-state index contributed by atoms with van der Waals surface area (Å²) in [5.41, 5.74) is 3.65. The van der Waals surface area contributed by atoms with E-state index in [9.17, 15) is 9.59 Å². The van der Waals surface area contributed by atoms with E-state index in [0.29, 0.717) is 18.5 Å². The summed E-state index contributed by atoms with van der Waals surface area (Å²) in [6.07, 6.45) is 0.322. The predicted octanol–water partition coefficient (Wildman–Crippen LogP) is 3.89. The summed E-state index contributed by atoms with van der Waals surface area (Å²) in [5, 5.41) is 2.98. The normalized spacial score (nSPS) is 16.4. The van der Waals surface area contributed by atoms with E-state index in [2.05, 4.69) is 5.32 Å². The molecule has 4 nitrogen and oxygen atoms in total. The van der Waals surface area contributed by atoms with Gasteiger partial charge in [0, 0.05) is 24.2 Å². The molecule has 0 aromatic heterocycles. The first-order valence-corrected chi connectivity index (χ1v) is 9.02. The molecule has 27 heavy (non-hydrogen) atoms. The number of carbonyl (C=O) groups is 2. The number of hydrogen-bond donors (Lipinski definition) is 1. The van der Waals surface area contributed by atoms with Gasteiger partial charge in [-0.15, -0.1) is 0 Å². The van der Waals surface area contributed by atoms with Gasteiger partial charge in [-0.1, -0.05) is 60.7 Å². The van der Waals surface area contributed by atoms with E-state index < -0.39 is 0 Å². The molecule has 3 aromatic carbocycles. The van der Waals surface area contributed by atoms with Crippen molar-refractivity contribution >= 4 is 17.5 Å². The first-order chi connectivity index (χ1) is 13.2. The van der Waals surface area contributed by atoms with Crippen LogP contribution in [0.25, 0.3) is 11.1 Å². The molecule has 0 aliphatic carbocycles. The van der Waals surface area contributed by atoms with Crippen LogP contribution in [0.3, 0.4) is 0 Å². The average Bonchev–Trinajstić information content (AvgIpc) is 3.09. The topological polar surface area (TPSA) is 49.4 Å². The van der Waals surface area contributed by atoms with Crippen molar-refractivity contribution in [2.45, 2.75) is 12.5 Å². The molecule has 0 spiro atoms. The second-order valence-corrected chi connectivity index (χ2v) is 6.66. The van der Waals surface area contributed by atoms with Crippen molar-refractivity contribution < 1.29 is 9.59 Å². The van der Waals surface area contributed by atoms with Crippen molar-refractivity contribution in [3.63, 3.8) is 0 Å². The fourth-order valence-electron chi connectivity index (χ4n) is 3.38. The van der Waals surface area contributed by atoms with Crippen molar-refractivity contribution in [2.75, 3.05) is 11.4 Å². The Morgan fingerprint density at radius 1 is 0.815 bits per heavy atom. The van der Waals surface area contributed by atoms with Gasteiger partial charge in [0.2, 0.25) is 5.91 Å². The van der Waals surface area contributed by atoms with Crippen LogP contribution in [0.4, 0.5) is 5.69 Å². The molecule has 1 heterocycles. The molecule has 1 saturated heterocycles. The van der Waals surface area contributed by atoms with Gasteiger partial charge in [0.15, 0.2) is 0 Å². The number of carbonyl (C=O) groups excluding carboxylic acids is 2. The van der Waals surface area contributed by atoms with Crippen LogP contribution in [-0.4, -0.2) is 24.4 Å². The van der Waals surface area contributed by atoms with Crippen molar-refractivity contribution in [1.82, 2.24) is 5.32 Å². The minimum absolute atomic E-state index is 0.0333. The van der Waals surface area contributed by atoms with Gasteiger partial charge < -0.3 is 10.2 Å². The summed E-state index contributed by atoms with van der Waals surface area (Å²) < 4.78 is 0. The highest BCUT2D eigenvalue weighted by Crippen LogP contribution is 2.22. The van der Waals surface area contributed by atoms with Crippen LogP contribution in [-0.2, 0) is 4.79 Å². The lowest BCUT2D eigenvalue weighted by molar-refractivity contribution is -0.117. The molecule has 1 fully saturated rings. The number of anilines is 1. The number of para-hydroxylation sites is 1. The molecule has 134 valence electrons. The zero-order chi connectivity index (χ0) is 18.6. The standard InChI is InChI=1S/C23H20N2O2/c26-22-15-20(16-25(22)21-9-5-2-6-10-21)24-23(27)19-13-11-18(12-14-19)17-7-3-1-4-8-17/h1-14,20H,15-16H2,(H,24,27)/t20-/m1/s1. The Morgan fingerprint density at radius 3 is 2.07 bits per heavy atom. The largest absolute Gasteiger partial charge is 0.347 e. The van der Waals surface area contributed by atoms with Crippen molar-refractivity contribution in [2.24, 2.45) is 0 Å². The van der Waals surface area contributed by atoms with Crippen LogP contribution in [0.2, 0.25) is 0 Å². The van der Waals surface area contributed by atoms with Crippen LogP contribution in [0, 0.1) is 0 Å². The highest BCUT2D eigenvalue weighted by molar-refractivity contribution is 5.99. The van der Waals surface area contributed by atoms with Crippen molar-refractivity contribution in [1.29, 1.82) is 0 Å². The number of benzene rings is 3. The molecular weight excluding hydrogens is 336 g/mol. The van der Waals surface area contributed by atoms with Gasteiger partial charge in [0.05, 0.1) is 6.04 Å². The number of rotatable bonds is 4. The lowest BCUT2D eigenvalue weighted by atomic mass is 10.0. The number of hydrogen-bond acceptors (Lipinski definition) is 2. The van der Waals surface area contributed by atoms with E-state index >= 15 is 0 Å². The van der Waals surface area contributed by atoms with Gasteiger partial charge in [-0.25, -0.2) is 0 Å². The summed E-state index contributed by atoms with van der Waals surface area (Å²) in [7, 11) is 0. The molecular formula is C23H20N2O2. The maximum atomic E-state index is 12.6. The molecule has 0 unspecified atom stereocenters. The fourth-order valence-corrected chi connectivity index (χ4v) is 3.38. The number of amides is 2. The molecule has 1 atom stereocenters. The predicted molar refractivity (Wildman–Crippen MR) is 107 cm³/mol. The third-order valence-electron chi connectivity index (χ3n) is 4.78. The highest BCUT2D eigenvalue weighted by atomic mass is 16.2. The molecule has 1 aliphatic heterocycles. The summed E-state index contributed by atoms with van der Waals surface area (Å²) in [6.45, 7) is 0.497. The van der Waals surface area contributed by atoms with Gasteiger partial charge in [-0.3, -0.25) is 9.59 Å². The van der Waals surface area contributed by atoms with Crippen LogP contribution in [0.15, 0.2) is 84.9 Å². The third-order valence-corrected chi connectivity index (χ3v) is 4.78. The average molecular weight is 356 g/mol. The minimum atomic E-state index is -0.181. The lowest BCUT2D eigenvalue weighted by Crippen LogP contribution is -2.37. The van der Waals surface area contributed by atoms with Crippen LogP contribution >= 0.6 is 0 Å². The molecule has 3 aromatic rings. The van der Waals surface area contributed by atoms with Gasteiger partial charge in [0.25, 0.3) is 5.91 Å². The lowest BCUT2D eigenvalue weighted by Gasteiger charge is -2.17. The molecule has 4 rings (SSSR count). The first kappa shape index (κ1) is 17.0. The van der Waals surface area contributed by atoms with Gasteiger partial charge in [0.1, 0.15) is 0 Å². The Hall–Kier alpha value is -3.40. The Balaban J connectivity index is 1.42. The second-order valence-electron chi connectivity index (χ2n) is 6.66. The minimum Gasteiger partial charge on any atom is -0.347 e. The van der Waals surface area contributed by atoms with E-state index in [1.54, 1.807) is 4.90 Å². The Labute approximate surface area is 158 Å². The van der Waals surface area contributed by atoms with Crippen molar-refractivity contribution in [3.8, 4) is 11.1 Å². The van der Waals surface area contributed by atoms with Crippen LogP contribution < -0.4 is 10.2 Å². The molecule has 1 aliphatic rings. The molecule has 0 saturated carbocycles. The van der Waals surface area contributed by atoms with Crippen LogP contribution in [0.5, 0.6) is 0 Å².